The fourth-order valence-electron chi connectivity index (χ4n) is 3.76. The van der Waals surface area contributed by atoms with Gasteiger partial charge in [-0.1, -0.05) is 0 Å². The van der Waals surface area contributed by atoms with Crippen LogP contribution in [-0.4, -0.2) is 61.1 Å². The SMILES string of the molecule is Cn1cnc(C(=O)N2CCC[C@@]3(CCN(c4cncnc4)C3=O)C2)n1. The molecule has 2 fully saturated rings. The van der Waals surface area contributed by atoms with Gasteiger partial charge in [0.2, 0.25) is 11.7 Å². The van der Waals surface area contributed by atoms with Crippen molar-refractivity contribution in [2.24, 2.45) is 12.5 Å². The third-order valence-electron chi connectivity index (χ3n) is 5.03. The van der Waals surface area contributed by atoms with Gasteiger partial charge in [0, 0.05) is 26.7 Å². The van der Waals surface area contributed by atoms with Gasteiger partial charge >= 0.3 is 0 Å². The Bertz CT molecular complexity index is 806. The summed E-state index contributed by atoms with van der Waals surface area (Å²) in [6.45, 7) is 1.66. The average molecular weight is 341 g/mol. The lowest BCUT2D eigenvalue weighted by Gasteiger charge is -2.38. The van der Waals surface area contributed by atoms with E-state index in [0.717, 1.165) is 19.3 Å². The maximum atomic E-state index is 13.1. The molecular weight excluding hydrogens is 322 g/mol. The molecular formula is C16H19N7O2. The van der Waals surface area contributed by atoms with Gasteiger partial charge in [0.25, 0.3) is 5.91 Å². The third kappa shape index (κ3) is 2.65. The van der Waals surface area contributed by atoms with E-state index in [1.54, 1.807) is 29.2 Å². The highest BCUT2D eigenvalue weighted by Crippen LogP contribution is 2.41. The number of nitrogens with zero attached hydrogens (tertiary/aromatic N) is 7. The molecule has 0 aromatic carbocycles. The summed E-state index contributed by atoms with van der Waals surface area (Å²) in [4.78, 5) is 41.2. The summed E-state index contributed by atoms with van der Waals surface area (Å²) in [7, 11) is 1.72. The van der Waals surface area contributed by atoms with E-state index < -0.39 is 5.41 Å². The van der Waals surface area contributed by atoms with Gasteiger partial charge in [0.15, 0.2) is 0 Å². The van der Waals surface area contributed by atoms with E-state index in [2.05, 4.69) is 20.1 Å². The Morgan fingerprint density at radius 2 is 2.00 bits per heavy atom. The van der Waals surface area contributed by atoms with Crippen LogP contribution in [0.2, 0.25) is 0 Å². The number of rotatable bonds is 2. The summed E-state index contributed by atoms with van der Waals surface area (Å²) in [5.41, 5.74) is 0.178. The number of hydrogen-bond donors (Lipinski definition) is 0. The summed E-state index contributed by atoms with van der Waals surface area (Å²) in [6, 6.07) is 0. The fraction of sp³-hybridized carbons (Fsp3) is 0.500. The highest BCUT2D eigenvalue weighted by Gasteiger charge is 2.50. The zero-order valence-corrected chi connectivity index (χ0v) is 14.0. The van der Waals surface area contributed by atoms with Gasteiger partial charge in [0.1, 0.15) is 12.7 Å². The van der Waals surface area contributed by atoms with Crippen molar-refractivity contribution in [1.29, 1.82) is 0 Å². The normalized spacial score (nSPS) is 23.5. The number of aromatic nitrogens is 5. The molecule has 2 aromatic heterocycles. The first-order valence-electron chi connectivity index (χ1n) is 8.31. The molecule has 2 saturated heterocycles. The molecule has 4 heterocycles. The number of likely N-dealkylation sites (tertiary alicyclic amines) is 1. The minimum Gasteiger partial charge on any atom is -0.335 e. The second-order valence-electron chi connectivity index (χ2n) is 6.66. The monoisotopic (exact) mass is 341 g/mol. The Balaban J connectivity index is 1.54. The van der Waals surface area contributed by atoms with Gasteiger partial charge in [0.05, 0.1) is 23.5 Å². The zero-order chi connectivity index (χ0) is 17.4. The topological polar surface area (TPSA) is 97.1 Å². The molecule has 2 amide bonds. The molecule has 0 unspecified atom stereocenters. The molecule has 2 aromatic rings. The van der Waals surface area contributed by atoms with Crippen molar-refractivity contribution in [3.63, 3.8) is 0 Å². The van der Waals surface area contributed by atoms with Crippen LogP contribution in [0.15, 0.2) is 25.0 Å². The van der Waals surface area contributed by atoms with Gasteiger partial charge in [-0.25, -0.2) is 15.0 Å². The Morgan fingerprint density at radius 3 is 2.72 bits per heavy atom. The highest BCUT2D eigenvalue weighted by molar-refractivity contribution is 6.00. The lowest BCUT2D eigenvalue weighted by molar-refractivity contribution is -0.127. The molecule has 130 valence electrons. The molecule has 0 radical (unpaired) electrons. The predicted molar refractivity (Wildman–Crippen MR) is 87.6 cm³/mol. The number of amides is 2. The first kappa shape index (κ1) is 15.7. The minimum absolute atomic E-state index is 0.0498. The zero-order valence-electron chi connectivity index (χ0n) is 14.0. The van der Waals surface area contributed by atoms with E-state index in [0.29, 0.717) is 25.3 Å². The van der Waals surface area contributed by atoms with Crippen LogP contribution in [0.5, 0.6) is 0 Å². The van der Waals surface area contributed by atoms with Crippen LogP contribution in [0, 0.1) is 5.41 Å². The van der Waals surface area contributed by atoms with Gasteiger partial charge in [-0.05, 0) is 19.3 Å². The van der Waals surface area contributed by atoms with E-state index in [4.69, 9.17) is 0 Å². The largest absolute Gasteiger partial charge is 0.335 e. The Labute approximate surface area is 144 Å². The van der Waals surface area contributed by atoms with Crippen molar-refractivity contribution in [3.05, 3.63) is 30.9 Å². The maximum Gasteiger partial charge on any atom is 0.293 e. The second kappa shape index (κ2) is 5.91. The fourth-order valence-corrected chi connectivity index (χ4v) is 3.76. The quantitative estimate of drug-likeness (QED) is 0.777. The van der Waals surface area contributed by atoms with Crippen molar-refractivity contribution in [2.75, 3.05) is 24.5 Å². The molecule has 4 rings (SSSR count). The van der Waals surface area contributed by atoms with Crippen LogP contribution in [0.25, 0.3) is 0 Å². The van der Waals surface area contributed by atoms with Crippen molar-refractivity contribution in [3.8, 4) is 0 Å². The molecule has 2 aliphatic rings. The summed E-state index contributed by atoms with van der Waals surface area (Å²) < 4.78 is 1.50. The van der Waals surface area contributed by atoms with E-state index in [1.165, 1.54) is 17.3 Å². The smallest absolute Gasteiger partial charge is 0.293 e. The van der Waals surface area contributed by atoms with Crippen LogP contribution in [0.4, 0.5) is 5.69 Å². The maximum absolute atomic E-state index is 13.1. The Hall–Kier alpha value is -2.84. The van der Waals surface area contributed by atoms with E-state index in [9.17, 15) is 9.59 Å². The third-order valence-corrected chi connectivity index (χ3v) is 5.03. The summed E-state index contributed by atoms with van der Waals surface area (Å²) >= 11 is 0. The molecule has 0 bridgehead atoms. The summed E-state index contributed by atoms with van der Waals surface area (Å²) in [5.74, 6) is 0.0149. The van der Waals surface area contributed by atoms with Crippen molar-refractivity contribution >= 4 is 17.5 Å². The van der Waals surface area contributed by atoms with Gasteiger partial charge in [-0.15, -0.1) is 5.10 Å². The molecule has 1 atom stereocenters. The van der Waals surface area contributed by atoms with Crippen LogP contribution < -0.4 is 4.90 Å². The lowest BCUT2D eigenvalue weighted by atomic mass is 9.78. The number of aryl methyl sites for hydroxylation is 1. The lowest BCUT2D eigenvalue weighted by Crippen LogP contribution is -2.50. The number of anilines is 1. The number of piperidine rings is 1. The molecule has 0 saturated carbocycles. The Morgan fingerprint density at radius 1 is 1.20 bits per heavy atom. The second-order valence-corrected chi connectivity index (χ2v) is 6.66. The van der Waals surface area contributed by atoms with Crippen molar-refractivity contribution in [2.45, 2.75) is 19.3 Å². The number of hydrogen-bond acceptors (Lipinski definition) is 6. The van der Waals surface area contributed by atoms with E-state index >= 15 is 0 Å². The Kier molecular flexibility index (Phi) is 3.70. The van der Waals surface area contributed by atoms with Gasteiger partial charge < -0.3 is 9.80 Å². The molecule has 0 aliphatic carbocycles. The molecule has 2 aliphatic heterocycles. The molecule has 1 spiro atoms. The van der Waals surface area contributed by atoms with Crippen LogP contribution in [0.1, 0.15) is 29.9 Å². The number of carbonyl (C=O) groups is 2. The first-order chi connectivity index (χ1) is 12.1. The molecule has 0 N–H and O–H groups in total. The standard InChI is InChI=1S/C16H19N7O2/c1-21-11-19-13(20-21)14(24)22-5-2-3-16(9-22)4-6-23(15(16)25)12-7-17-10-18-8-12/h7-8,10-11H,2-6,9H2,1H3/t16-/m1/s1. The molecule has 25 heavy (non-hydrogen) atoms. The summed E-state index contributed by atoms with van der Waals surface area (Å²) in [6.07, 6.45) is 8.55. The van der Waals surface area contributed by atoms with Crippen molar-refractivity contribution < 1.29 is 9.59 Å². The van der Waals surface area contributed by atoms with Crippen LogP contribution >= 0.6 is 0 Å². The van der Waals surface area contributed by atoms with Gasteiger partial charge in [-0.3, -0.25) is 14.3 Å². The van der Waals surface area contributed by atoms with E-state index in [1.807, 2.05) is 0 Å². The van der Waals surface area contributed by atoms with Crippen LogP contribution in [-0.2, 0) is 11.8 Å². The molecule has 9 heteroatoms. The van der Waals surface area contributed by atoms with E-state index in [-0.39, 0.29) is 17.6 Å². The summed E-state index contributed by atoms with van der Waals surface area (Å²) in [5, 5.41) is 4.08. The molecule has 9 nitrogen and oxygen atoms in total. The number of carbonyl (C=O) groups excluding carboxylic acids is 2. The minimum atomic E-state index is -0.529. The van der Waals surface area contributed by atoms with Gasteiger partial charge in [-0.2, -0.15) is 0 Å². The average Bonchev–Trinajstić information content (AvgIpc) is 3.20. The predicted octanol–water partition coefficient (Wildman–Crippen LogP) is 0.264. The highest BCUT2D eigenvalue weighted by atomic mass is 16.2. The van der Waals surface area contributed by atoms with Crippen molar-refractivity contribution in [1.82, 2.24) is 29.6 Å². The van der Waals surface area contributed by atoms with Crippen LogP contribution in [0.3, 0.4) is 0 Å². The first-order valence-corrected chi connectivity index (χ1v) is 8.31.